The predicted molar refractivity (Wildman–Crippen MR) is 121 cm³/mol. The van der Waals surface area contributed by atoms with Gasteiger partial charge < -0.3 is 4.90 Å². The minimum Gasteiger partial charge on any atom is -0.336 e. The first kappa shape index (κ1) is 23.3. The van der Waals surface area contributed by atoms with Gasteiger partial charge in [-0.2, -0.15) is 4.31 Å². The van der Waals surface area contributed by atoms with Gasteiger partial charge in [-0.25, -0.2) is 12.8 Å². The van der Waals surface area contributed by atoms with Crippen LogP contribution in [-0.4, -0.2) is 67.7 Å². The van der Waals surface area contributed by atoms with Crippen LogP contribution >= 0.6 is 11.3 Å². The first-order valence-electron chi connectivity index (χ1n) is 9.93. The van der Waals surface area contributed by atoms with Crippen molar-refractivity contribution < 1.29 is 17.6 Å². The summed E-state index contributed by atoms with van der Waals surface area (Å²) in [6.07, 6.45) is 3.61. The van der Waals surface area contributed by atoms with E-state index in [9.17, 15) is 17.6 Å². The average Bonchev–Trinajstić information content (AvgIpc) is 3.24. The highest BCUT2D eigenvalue weighted by atomic mass is 32.2. The molecule has 0 bridgehead atoms. The van der Waals surface area contributed by atoms with Gasteiger partial charge in [-0.1, -0.05) is 12.2 Å². The van der Waals surface area contributed by atoms with Gasteiger partial charge in [0, 0.05) is 56.3 Å². The van der Waals surface area contributed by atoms with E-state index in [4.69, 9.17) is 0 Å². The van der Waals surface area contributed by atoms with Gasteiger partial charge in [0.2, 0.25) is 0 Å². The average molecular weight is 464 g/mol. The van der Waals surface area contributed by atoms with Crippen LogP contribution in [0.15, 0.2) is 65.9 Å². The number of carbonyl (C=O) groups excluding carboxylic acids is 1. The van der Waals surface area contributed by atoms with Crippen LogP contribution in [0.5, 0.6) is 0 Å². The summed E-state index contributed by atoms with van der Waals surface area (Å²) in [5.74, 6) is -0.625. The number of benzene rings is 1. The fourth-order valence-corrected chi connectivity index (χ4v) is 6.38. The SMILES string of the molecule is C=CCN(CC=C)Cc1ccc(S(=O)(=O)N2CCN(C(=O)c3ccc(F)cc3)CC2)s1. The monoisotopic (exact) mass is 463 g/mol. The molecule has 1 fully saturated rings. The molecule has 1 aromatic heterocycles. The van der Waals surface area contributed by atoms with Crippen LogP contribution in [0.2, 0.25) is 0 Å². The number of thiophene rings is 1. The lowest BCUT2D eigenvalue weighted by Gasteiger charge is -2.33. The van der Waals surface area contributed by atoms with E-state index >= 15 is 0 Å². The van der Waals surface area contributed by atoms with Gasteiger partial charge in [0.25, 0.3) is 15.9 Å². The summed E-state index contributed by atoms with van der Waals surface area (Å²) in [6.45, 7) is 10.5. The Hall–Kier alpha value is -2.33. The smallest absolute Gasteiger partial charge is 0.253 e. The van der Waals surface area contributed by atoms with Crippen molar-refractivity contribution in [3.63, 3.8) is 0 Å². The summed E-state index contributed by atoms with van der Waals surface area (Å²) < 4.78 is 40.9. The number of halogens is 1. The van der Waals surface area contributed by atoms with Crippen LogP contribution in [0.3, 0.4) is 0 Å². The molecule has 6 nitrogen and oxygen atoms in total. The molecule has 0 radical (unpaired) electrons. The van der Waals surface area contributed by atoms with E-state index in [0.717, 1.165) is 4.88 Å². The molecule has 166 valence electrons. The standard InChI is InChI=1S/C22H26FN3O3S2/c1-3-11-24(12-4-2)17-20-9-10-21(30-20)31(28,29)26-15-13-25(14-16-26)22(27)18-5-7-19(23)8-6-18/h3-10H,1-2,11-17H2. The molecule has 0 unspecified atom stereocenters. The minimum atomic E-state index is -3.62. The number of carbonyl (C=O) groups is 1. The Morgan fingerprint density at radius 1 is 1.03 bits per heavy atom. The zero-order chi connectivity index (χ0) is 22.4. The van der Waals surface area contributed by atoms with Crippen LogP contribution in [-0.2, 0) is 16.6 Å². The van der Waals surface area contributed by atoms with E-state index in [2.05, 4.69) is 18.1 Å². The first-order valence-corrected chi connectivity index (χ1v) is 12.2. The zero-order valence-electron chi connectivity index (χ0n) is 17.2. The van der Waals surface area contributed by atoms with Crippen LogP contribution in [0.1, 0.15) is 15.2 Å². The predicted octanol–water partition coefficient (Wildman–Crippen LogP) is 3.21. The lowest BCUT2D eigenvalue weighted by molar-refractivity contribution is 0.0698. The summed E-state index contributed by atoms with van der Waals surface area (Å²) in [6, 6.07) is 8.85. The number of hydrogen-bond acceptors (Lipinski definition) is 5. The number of hydrogen-bond donors (Lipinski definition) is 0. The highest BCUT2D eigenvalue weighted by Gasteiger charge is 2.31. The maximum atomic E-state index is 13.1. The number of sulfonamides is 1. The third-order valence-electron chi connectivity index (χ3n) is 5.00. The van der Waals surface area contributed by atoms with Crippen LogP contribution in [0, 0.1) is 5.82 Å². The quantitative estimate of drug-likeness (QED) is 0.536. The largest absolute Gasteiger partial charge is 0.336 e. The van der Waals surface area contributed by atoms with Gasteiger partial charge in [0.1, 0.15) is 10.0 Å². The van der Waals surface area contributed by atoms with Gasteiger partial charge in [-0.15, -0.1) is 24.5 Å². The van der Waals surface area contributed by atoms with Crippen LogP contribution < -0.4 is 0 Å². The van der Waals surface area contributed by atoms with Crippen molar-refractivity contribution in [3.8, 4) is 0 Å². The van der Waals surface area contributed by atoms with Crippen molar-refractivity contribution in [1.29, 1.82) is 0 Å². The van der Waals surface area contributed by atoms with Crippen molar-refractivity contribution >= 4 is 27.3 Å². The number of amides is 1. The molecule has 0 atom stereocenters. The number of rotatable bonds is 9. The Kier molecular flexibility index (Phi) is 7.77. The summed E-state index contributed by atoms with van der Waals surface area (Å²) in [5, 5.41) is 0. The molecule has 1 aliphatic heterocycles. The van der Waals surface area contributed by atoms with Crippen LogP contribution in [0.4, 0.5) is 4.39 Å². The Balaban J connectivity index is 1.62. The topological polar surface area (TPSA) is 60.9 Å². The molecule has 31 heavy (non-hydrogen) atoms. The minimum absolute atomic E-state index is 0.222. The second-order valence-electron chi connectivity index (χ2n) is 7.20. The van der Waals surface area contributed by atoms with Gasteiger partial charge in [-0.3, -0.25) is 9.69 Å². The summed E-state index contributed by atoms with van der Waals surface area (Å²) >= 11 is 1.26. The van der Waals surface area contributed by atoms with E-state index in [0.29, 0.717) is 42.5 Å². The molecule has 9 heteroatoms. The van der Waals surface area contributed by atoms with E-state index in [1.807, 2.05) is 18.2 Å². The van der Waals surface area contributed by atoms with E-state index in [-0.39, 0.29) is 19.0 Å². The maximum Gasteiger partial charge on any atom is 0.253 e. The molecular formula is C22H26FN3O3S2. The normalized spacial score (nSPS) is 15.2. The molecule has 1 aromatic carbocycles. The Bertz CT molecular complexity index is 1020. The van der Waals surface area contributed by atoms with Crippen molar-refractivity contribution in [1.82, 2.24) is 14.1 Å². The summed E-state index contributed by atoms with van der Waals surface area (Å²) in [4.78, 5) is 17.2. The molecule has 0 spiro atoms. The number of piperazine rings is 1. The highest BCUT2D eigenvalue weighted by molar-refractivity contribution is 7.91. The molecule has 0 saturated carbocycles. The molecule has 3 rings (SSSR count). The third kappa shape index (κ3) is 5.68. The summed E-state index contributed by atoms with van der Waals surface area (Å²) in [5.41, 5.74) is 0.393. The summed E-state index contributed by atoms with van der Waals surface area (Å²) in [7, 11) is -3.62. The fourth-order valence-electron chi connectivity index (χ4n) is 3.40. The van der Waals surface area contributed by atoms with Gasteiger partial charge >= 0.3 is 0 Å². The molecule has 1 amide bonds. The fraction of sp³-hybridized carbons (Fsp3) is 0.318. The lowest BCUT2D eigenvalue weighted by Crippen LogP contribution is -2.50. The zero-order valence-corrected chi connectivity index (χ0v) is 18.9. The van der Waals surface area contributed by atoms with Crippen molar-refractivity contribution in [2.24, 2.45) is 0 Å². The van der Waals surface area contributed by atoms with E-state index in [1.54, 1.807) is 11.0 Å². The highest BCUT2D eigenvalue weighted by Crippen LogP contribution is 2.27. The second kappa shape index (κ2) is 10.3. The van der Waals surface area contributed by atoms with Gasteiger partial charge in [0.15, 0.2) is 0 Å². The van der Waals surface area contributed by atoms with Crippen molar-refractivity contribution in [2.45, 2.75) is 10.8 Å². The molecule has 0 aliphatic carbocycles. The van der Waals surface area contributed by atoms with E-state index < -0.39 is 15.8 Å². The first-order chi connectivity index (χ1) is 14.8. The Morgan fingerprint density at radius 3 is 2.23 bits per heavy atom. The van der Waals surface area contributed by atoms with Crippen molar-refractivity contribution in [2.75, 3.05) is 39.3 Å². The number of nitrogens with zero attached hydrogens (tertiary/aromatic N) is 3. The van der Waals surface area contributed by atoms with Gasteiger partial charge in [-0.05, 0) is 36.4 Å². The van der Waals surface area contributed by atoms with E-state index in [1.165, 1.54) is 39.9 Å². The second-order valence-corrected chi connectivity index (χ2v) is 10.5. The Morgan fingerprint density at radius 2 is 1.65 bits per heavy atom. The third-order valence-corrected chi connectivity index (χ3v) is 8.44. The Labute approximate surface area is 186 Å². The molecule has 2 aromatic rings. The molecule has 2 heterocycles. The molecule has 0 N–H and O–H groups in total. The van der Waals surface area contributed by atoms with Gasteiger partial charge in [0.05, 0.1) is 0 Å². The van der Waals surface area contributed by atoms with Crippen molar-refractivity contribution in [3.05, 3.63) is 78.0 Å². The lowest BCUT2D eigenvalue weighted by atomic mass is 10.2. The van der Waals surface area contributed by atoms with Crippen LogP contribution in [0.25, 0.3) is 0 Å². The molecule has 1 saturated heterocycles. The maximum absolute atomic E-state index is 13.1. The molecular weight excluding hydrogens is 437 g/mol. The molecule has 1 aliphatic rings.